The van der Waals surface area contributed by atoms with Crippen molar-refractivity contribution in [1.29, 1.82) is 0 Å². The molecule has 2 heteroatoms. The van der Waals surface area contributed by atoms with Gasteiger partial charge in [-0.05, 0) is 37.9 Å². The van der Waals surface area contributed by atoms with E-state index in [4.69, 9.17) is 0 Å². The van der Waals surface area contributed by atoms with Gasteiger partial charge in [0.15, 0.2) is 0 Å². The fraction of sp³-hybridized carbons (Fsp3) is 0.625. The number of likely N-dealkylation sites (tertiary alicyclic amines) is 1. The lowest BCUT2D eigenvalue weighted by molar-refractivity contribution is 0.239. The van der Waals surface area contributed by atoms with Gasteiger partial charge in [-0.2, -0.15) is 0 Å². The molecule has 1 heterocycles. The summed E-state index contributed by atoms with van der Waals surface area (Å²) < 4.78 is 0. The molecule has 0 spiro atoms. The summed E-state index contributed by atoms with van der Waals surface area (Å²) in [4.78, 5) is 2.63. The van der Waals surface area contributed by atoms with E-state index in [0.29, 0.717) is 0 Å². The first-order valence-electron chi connectivity index (χ1n) is 7.39. The Kier molecular flexibility index (Phi) is 5.69. The molecule has 1 aliphatic rings. The van der Waals surface area contributed by atoms with Crippen molar-refractivity contribution in [3.63, 3.8) is 0 Å². The first-order chi connectivity index (χ1) is 8.90. The zero-order valence-electron chi connectivity index (χ0n) is 11.6. The minimum atomic E-state index is 0.738. The number of nitrogens with zero attached hydrogens (tertiary/aromatic N) is 1. The second-order valence-electron chi connectivity index (χ2n) is 5.31. The van der Waals surface area contributed by atoms with Gasteiger partial charge < -0.3 is 5.32 Å². The Hall–Kier alpha value is -0.860. The predicted octanol–water partition coefficient (Wildman–Crippen LogP) is 3.04. The van der Waals surface area contributed by atoms with E-state index in [1.54, 1.807) is 0 Å². The van der Waals surface area contributed by atoms with Crippen LogP contribution in [0.15, 0.2) is 30.3 Å². The molecule has 1 fully saturated rings. The highest BCUT2D eigenvalue weighted by Crippen LogP contribution is 2.19. The van der Waals surface area contributed by atoms with Crippen molar-refractivity contribution in [2.24, 2.45) is 0 Å². The van der Waals surface area contributed by atoms with E-state index in [1.807, 2.05) is 0 Å². The van der Waals surface area contributed by atoms with E-state index in [2.05, 4.69) is 47.5 Å². The van der Waals surface area contributed by atoms with E-state index in [-0.39, 0.29) is 0 Å². The number of rotatable bonds is 7. The van der Waals surface area contributed by atoms with Gasteiger partial charge in [0, 0.05) is 19.1 Å². The Morgan fingerprint density at radius 2 is 2.11 bits per heavy atom. The largest absolute Gasteiger partial charge is 0.315 e. The molecule has 1 saturated heterocycles. The molecule has 2 nitrogen and oxygen atoms in total. The van der Waals surface area contributed by atoms with Gasteiger partial charge in [0.25, 0.3) is 0 Å². The van der Waals surface area contributed by atoms with Crippen LogP contribution in [0.2, 0.25) is 0 Å². The molecule has 2 rings (SSSR count). The van der Waals surface area contributed by atoms with Crippen LogP contribution in [-0.2, 0) is 6.54 Å². The molecule has 0 unspecified atom stereocenters. The van der Waals surface area contributed by atoms with Crippen molar-refractivity contribution in [3.8, 4) is 0 Å². The maximum atomic E-state index is 3.60. The summed E-state index contributed by atoms with van der Waals surface area (Å²) in [7, 11) is 0. The normalized spacial score (nSPS) is 20.4. The SMILES string of the molecule is CCCCNC[C@@H]1CCCN1Cc1ccccc1. The molecule has 1 aliphatic heterocycles. The van der Waals surface area contributed by atoms with Crippen LogP contribution < -0.4 is 5.32 Å². The summed E-state index contributed by atoms with van der Waals surface area (Å²) in [6.07, 6.45) is 5.29. The molecule has 0 aromatic heterocycles. The first kappa shape index (κ1) is 13.6. The standard InChI is InChI=1S/C16H26N2/c1-2-3-11-17-13-16-10-7-12-18(16)14-15-8-5-4-6-9-15/h4-6,8-9,16-17H,2-3,7,10-14H2,1H3/t16-/m0/s1. The van der Waals surface area contributed by atoms with Gasteiger partial charge in [0.05, 0.1) is 0 Å². The van der Waals surface area contributed by atoms with Crippen LogP contribution in [0.4, 0.5) is 0 Å². The Morgan fingerprint density at radius 1 is 1.28 bits per heavy atom. The van der Waals surface area contributed by atoms with Crippen molar-refractivity contribution in [2.75, 3.05) is 19.6 Å². The van der Waals surface area contributed by atoms with Crippen LogP contribution in [-0.4, -0.2) is 30.6 Å². The van der Waals surface area contributed by atoms with Crippen LogP contribution >= 0.6 is 0 Å². The molecule has 0 bridgehead atoms. The average Bonchev–Trinajstić information content (AvgIpc) is 2.83. The molecule has 1 N–H and O–H groups in total. The van der Waals surface area contributed by atoms with Crippen LogP contribution in [0.1, 0.15) is 38.2 Å². The van der Waals surface area contributed by atoms with Gasteiger partial charge in [-0.15, -0.1) is 0 Å². The number of hydrogen-bond acceptors (Lipinski definition) is 2. The Balaban J connectivity index is 1.77. The highest BCUT2D eigenvalue weighted by atomic mass is 15.2. The number of nitrogens with one attached hydrogen (secondary N) is 1. The van der Waals surface area contributed by atoms with Gasteiger partial charge in [0.1, 0.15) is 0 Å². The van der Waals surface area contributed by atoms with Crippen LogP contribution in [0.25, 0.3) is 0 Å². The first-order valence-corrected chi connectivity index (χ1v) is 7.39. The molecular formula is C16H26N2. The lowest BCUT2D eigenvalue weighted by atomic mass is 10.2. The zero-order valence-corrected chi connectivity index (χ0v) is 11.6. The minimum absolute atomic E-state index is 0.738. The van der Waals surface area contributed by atoms with Gasteiger partial charge in [-0.1, -0.05) is 43.7 Å². The van der Waals surface area contributed by atoms with Crippen molar-refractivity contribution in [2.45, 2.75) is 45.2 Å². The van der Waals surface area contributed by atoms with Crippen molar-refractivity contribution in [1.82, 2.24) is 10.2 Å². The molecule has 0 aliphatic carbocycles. The van der Waals surface area contributed by atoms with E-state index in [0.717, 1.165) is 19.1 Å². The Morgan fingerprint density at radius 3 is 2.89 bits per heavy atom. The smallest absolute Gasteiger partial charge is 0.0237 e. The summed E-state index contributed by atoms with van der Waals surface area (Å²) >= 11 is 0. The van der Waals surface area contributed by atoms with Gasteiger partial charge in [0.2, 0.25) is 0 Å². The summed E-state index contributed by atoms with van der Waals surface area (Å²) in [5.41, 5.74) is 1.44. The zero-order chi connectivity index (χ0) is 12.6. The molecule has 100 valence electrons. The summed E-state index contributed by atoms with van der Waals surface area (Å²) in [6.45, 7) is 6.95. The van der Waals surface area contributed by atoms with Crippen molar-refractivity contribution < 1.29 is 0 Å². The lowest BCUT2D eigenvalue weighted by Gasteiger charge is -2.24. The minimum Gasteiger partial charge on any atom is -0.315 e. The third-order valence-electron chi connectivity index (χ3n) is 3.81. The monoisotopic (exact) mass is 246 g/mol. The lowest BCUT2D eigenvalue weighted by Crippen LogP contribution is -2.37. The van der Waals surface area contributed by atoms with E-state index >= 15 is 0 Å². The van der Waals surface area contributed by atoms with Crippen molar-refractivity contribution >= 4 is 0 Å². The maximum Gasteiger partial charge on any atom is 0.0237 e. The number of unbranched alkanes of at least 4 members (excludes halogenated alkanes) is 1. The quantitative estimate of drug-likeness (QED) is 0.744. The molecule has 0 amide bonds. The van der Waals surface area contributed by atoms with Gasteiger partial charge in [-0.3, -0.25) is 4.90 Å². The molecule has 0 radical (unpaired) electrons. The highest BCUT2D eigenvalue weighted by Gasteiger charge is 2.23. The average molecular weight is 246 g/mol. The van der Waals surface area contributed by atoms with Crippen LogP contribution in [0.3, 0.4) is 0 Å². The van der Waals surface area contributed by atoms with Crippen LogP contribution in [0.5, 0.6) is 0 Å². The van der Waals surface area contributed by atoms with Gasteiger partial charge in [-0.25, -0.2) is 0 Å². The number of hydrogen-bond donors (Lipinski definition) is 1. The molecular weight excluding hydrogens is 220 g/mol. The second-order valence-corrected chi connectivity index (χ2v) is 5.31. The highest BCUT2D eigenvalue weighted by molar-refractivity contribution is 5.14. The third kappa shape index (κ3) is 4.11. The van der Waals surface area contributed by atoms with E-state index in [1.165, 1.54) is 44.3 Å². The molecule has 18 heavy (non-hydrogen) atoms. The second kappa shape index (κ2) is 7.55. The van der Waals surface area contributed by atoms with E-state index in [9.17, 15) is 0 Å². The van der Waals surface area contributed by atoms with Crippen LogP contribution in [0, 0.1) is 0 Å². The predicted molar refractivity (Wildman–Crippen MR) is 77.7 cm³/mol. The Bertz CT molecular complexity index is 323. The summed E-state index contributed by atoms with van der Waals surface area (Å²) in [5.74, 6) is 0. The van der Waals surface area contributed by atoms with Crippen molar-refractivity contribution in [3.05, 3.63) is 35.9 Å². The maximum absolute atomic E-state index is 3.60. The third-order valence-corrected chi connectivity index (χ3v) is 3.81. The van der Waals surface area contributed by atoms with Gasteiger partial charge >= 0.3 is 0 Å². The molecule has 1 atom stereocenters. The molecule has 1 aromatic rings. The molecule has 1 aromatic carbocycles. The number of benzene rings is 1. The fourth-order valence-electron chi connectivity index (χ4n) is 2.72. The van der Waals surface area contributed by atoms with E-state index < -0.39 is 0 Å². The fourth-order valence-corrected chi connectivity index (χ4v) is 2.72. The summed E-state index contributed by atoms with van der Waals surface area (Å²) in [5, 5.41) is 3.60. The topological polar surface area (TPSA) is 15.3 Å². The summed E-state index contributed by atoms with van der Waals surface area (Å²) in [6, 6.07) is 11.6. The Labute approximate surface area is 111 Å². The molecule has 0 saturated carbocycles.